The average Bonchev–Trinajstić information content (AvgIpc) is 2.46. The lowest BCUT2D eigenvalue weighted by Crippen LogP contribution is -2.40. The van der Waals surface area contributed by atoms with E-state index in [1.54, 1.807) is 0 Å². The van der Waals surface area contributed by atoms with Crippen molar-refractivity contribution in [2.45, 2.75) is 38.6 Å². The minimum atomic E-state index is 0.172. The van der Waals surface area contributed by atoms with Gasteiger partial charge in [-0.25, -0.2) is 0 Å². The number of hydrogen-bond donors (Lipinski definition) is 2. The molecule has 1 aliphatic carbocycles. The van der Waals surface area contributed by atoms with Crippen LogP contribution in [0.3, 0.4) is 0 Å². The fourth-order valence-electron chi connectivity index (χ4n) is 3.10. The highest BCUT2D eigenvalue weighted by atomic mass is 16.4. The van der Waals surface area contributed by atoms with Gasteiger partial charge in [-0.3, -0.25) is 0 Å². The number of anilines is 1. The lowest BCUT2D eigenvalue weighted by Gasteiger charge is -2.38. The minimum Gasteiger partial charge on any atom is -0.409 e. The van der Waals surface area contributed by atoms with Gasteiger partial charge in [0.15, 0.2) is 5.84 Å². The molecule has 1 fully saturated rings. The van der Waals surface area contributed by atoms with Crippen LogP contribution < -0.4 is 10.6 Å². The maximum absolute atomic E-state index is 8.90. The molecule has 4 heteroatoms. The molecule has 19 heavy (non-hydrogen) atoms. The van der Waals surface area contributed by atoms with Crippen molar-refractivity contribution in [2.24, 2.45) is 16.8 Å². The normalized spacial score (nSPS) is 24.2. The quantitative estimate of drug-likeness (QED) is 0.380. The Kier molecular flexibility index (Phi) is 4.30. The smallest absolute Gasteiger partial charge is 0.172 e. The molecule has 1 aliphatic rings. The summed E-state index contributed by atoms with van der Waals surface area (Å²) in [5.74, 6) is 0.852. The first kappa shape index (κ1) is 13.7. The van der Waals surface area contributed by atoms with Crippen LogP contribution in [0, 0.1) is 5.92 Å². The van der Waals surface area contributed by atoms with Crippen molar-refractivity contribution in [3.05, 3.63) is 29.8 Å². The van der Waals surface area contributed by atoms with E-state index in [0.717, 1.165) is 11.3 Å². The first-order valence-electron chi connectivity index (χ1n) is 6.95. The van der Waals surface area contributed by atoms with E-state index in [4.69, 9.17) is 10.9 Å². The van der Waals surface area contributed by atoms with Gasteiger partial charge in [0.1, 0.15) is 0 Å². The molecule has 1 aromatic rings. The van der Waals surface area contributed by atoms with Crippen molar-refractivity contribution in [1.82, 2.24) is 0 Å². The SMILES string of the molecule is CC1CCCCC1N(C)c1ccccc1/C(N)=N/O. The van der Waals surface area contributed by atoms with Crippen LogP contribution in [-0.4, -0.2) is 24.1 Å². The van der Waals surface area contributed by atoms with Crippen molar-refractivity contribution >= 4 is 11.5 Å². The zero-order valence-corrected chi connectivity index (χ0v) is 11.7. The molecular weight excluding hydrogens is 238 g/mol. The van der Waals surface area contributed by atoms with E-state index < -0.39 is 0 Å². The van der Waals surface area contributed by atoms with E-state index >= 15 is 0 Å². The van der Waals surface area contributed by atoms with Gasteiger partial charge in [0, 0.05) is 24.3 Å². The van der Waals surface area contributed by atoms with Gasteiger partial charge >= 0.3 is 0 Å². The number of nitrogens with zero attached hydrogens (tertiary/aromatic N) is 2. The average molecular weight is 261 g/mol. The predicted molar refractivity (Wildman–Crippen MR) is 78.8 cm³/mol. The molecule has 1 aromatic carbocycles. The highest BCUT2D eigenvalue weighted by Gasteiger charge is 2.26. The summed E-state index contributed by atoms with van der Waals surface area (Å²) >= 11 is 0. The van der Waals surface area contributed by atoms with E-state index in [1.165, 1.54) is 25.7 Å². The van der Waals surface area contributed by atoms with Crippen LogP contribution in [0.4, 0.5) is 5.69 Å². The summed E-state index contributed by atoms with van der Waals surface area (Å²) in [6, 6.07) is 8.37. The number of para-hydroxylation sites is 1. The monoisotopic (exact) mass is 261 g/mol. The Morgan fingerprint density at radius 1 is 1.32 bits per heavy atom. The molecule has 0 heterocycles. The Bertz CT molecular complexity index is 458. The maximum atomic E-state index is 8.90. The molecule has 0 aliphatic heterocycles. The Morgan fingerprint density at radius 3 is 2.68 bits per heavy atom. The van der Waals surface area contributed by atoms with E-state index in [1.807, 2.05) is 24.3 Å². The van der Waals surface area contributed by atoms with Gasteiger partial charge in [0.05, 0.1) is 0 Å². The maximum Gasteiger partial charge on any atom is 0.172 e. The van der Waals surface area contributed by atoms with Crippen molar-refractivity contribution < 1.29 is 5.21 Å². The molecule has 2 rings (SSSR count). The van der Waals surface area contributed by atoms with Crippen LogP contribution in [0.15, 0.2) is 29.4 Å². The lowest BCUT2D eigenvalue weighted by molar-refractivity contribution is 0.318. The molecule has 0 amide bonds. The fourth-order valence-corrected chi connectivity index (χ4v) is 3.10. The summed E-state index contributed by atoms with van der Waals surface area (Å²) in [4.78, 5) is 2.29. The van der Waals surface area contributed by atoms with Gasteiger partial charge in [-0.15, -0.1) is 0 Å². The van der Waals surface area contributed by atoms with Crippen LogP contribution in [0.5, 0.6) is 0 Å². The summed E-state index contributed by atoms with van der Waals surface area (Å²) in [5, 5.41) is 12.0. The van der Waals surface area contributed by atoms with Crippen LogP contribution in [0.1, 0.15) is 38.2 Å². The first-order valence-corrected chi connectivity index (χ1v) is 6.95. The molecule has 0 saturated heterocycles. The third-order valence-electron chi connectivity index (χ3n) is 4.23. The molecule has 3 N–H and O–H groups in total. The number of hydrogen-bond acceptors (Lipinski definition) is 3. The number of rotatable bonds is 3. The van der Waals surface area contributed by atoms with Crippen LogP contribution in [0.25, 0.3) is 0 Å². The fraction of sp³-hybridized carbons (Fsp3) is 0.533. The van der Waals surface area contributed by atoms with Crippen molar-refractivity contribution in [3.8, 4) is 0 Å². The molecule has 0 spiro atoms. The minimum absolute atomic E-state index is 0.172. The molecule has 104 valence electrons. The molecule has 2 unspecified atom stereocenters. The van der Waals surface area contributed by atoms with Gasteiger partial charge in [-0.1, -0.05) is 37.1 Å². The van der Waals surface area contributed by atoms with Crippen molar-refractivity contribution in [1.29, 1.82) is 0 Å². The topological polar surface area (TPSA) is 61.8 Å². The molecule has 2 atom stereocenters. The lowest BCUT2D eigenvalue weighted by atomic mass is 9.84. The number of amidine groups is 1. The highest BCUT2D eigenvalue weighted by molar-refractivity contribution is 6.02. The third-order valence-corrected chi connectivity index (χ3v) is 4.23. The molecule has 4 nitrogen and oxygen atoms in total. The number of nitrogens with two attached hydrogens (primary N) is 1. The highest BCUT2D eigenvalue weighted by Crippen LogP contribution is 2.31. The zero-order chi connectivity index (χ0) is 13.8. The Balaban J connectivity index is 2.30. The van der Waals surface area contributed by atoms with E-state index in [-0.39, 0.29) is 5.84 Å². The second-order valence-electron chi connectivity index (χ2n) is 5.44. The predicted octanol–water partition coefficient (Wildman–Crippen LogP) is 2.80. The molecule has 0 bridgehead atoms. The standard InChI is InChI=1S/C15H23N3O/c1-11-7-3-5-9-13(11)18(2)14-10-6-4-8-12(14)15(16)17-19/h4,6,8,10-11,13,19H,3,5,7,9H2,1-2H3,(H2,16,17). The van der Waals surface area contributed by atoms with Gasteiger partial charge in [0.25, 0.3) is 0 Å². The van der Waals surface area contributed by atoms with E-state index in [9.17, 15) is 0 Å². The Morgan fingerprint density at radius 2 is 2.00 bits per heavy atom. The van der Waals surface area contributed by atoms with Gasteiger partial charge in [0.2, 0.25) is 0 Å². The van der Waals surface area contributed by atoms with Crippen molar-refractivity contribution in [2.75, 3.05) is 11.9 Å². The largest absolute Gasteiger partial charge is 0.409 e. The van der Waals surface area contributed by atoms with Crippen LogP contribution >= 0.6 is 0 Å². The Labute approximate surface area is 114 Å². The summed E-state index contributed by atoms with van der Waals surface area (Å²) in [6.45, 7) is 2.31. The van der Waals surface area contributed by atoms with Crippen LogP contribution in [0.2, 0.25) is 0 Å². The summed E-state index contributed by atoms with van der Waals surface area (Å²) in [7, 11) is 2.11. The second-order valence-corrected chi connectivity index (χ2v) is 5.44. The van der Waals surface area contributed by atoms with Gasteiger partial charge in [-0.05, 0) is 30.9 Å². The van der Waals surface area contributed by atoms with Crippen LogP contribution in [-0.2, 0) is 0 Å². The third kappa shape index (κ3) is 2.83. The van der Waals surface area contributed by atoms with Gasteiger partial charge in [-0.2, -0.15) is 0 Å². The Hall–Kier alpha value is -1.71. The molecule has 0 radical (unpaired) electrons. The molecular formula is C15H23N3O. The molecule has 0 aromatic heterocycles. The first-order chi connectivity index (χ1) is 9.15. The summed E-state index contributed by atoms with van der Waals surface area (Å²) in [5.41, 5.74) is 7.61. The number of benzene rings is 1. The second kappa shape index (κ2) is 5.95. The molecule has 1 saturated carbocycles. The van der Waals surface area contributed by atoms with E-state index in [0.29, 0.717) is 12.0 Å². The van der Waals surface area contributed by atoms with E-state index in [2.05, 4.69) is 24.0 Å². The van der Waals surface area contributed by atoms with Crippen molar-refractivity contribution in [3.63, 3.8) is 0 Å². The summed E-state index contributed by atoms with van der Waals surface area (Å²) in [6.07, 6.45) is 5.10. The number of oxime groups is 1. The zero-order valence-electron chi connectivity index (χ0n) is 11.7. The van der Waals surface area contributed by atoms with Gasteiger partial charge < -0.3 is 15.8 Å². The summed E-state index contributed by atoms with van der Waals surface area (Å²) < 4.78 is 0.